The summed E-state index contributed by atoms with van der Waals surface area (Å²) in [5.41, 5.74) is 8.61. The number of aryl methyl sites for hydroxylation is 1. The number of amides is 1. The summed E-state index contributed by atoms with van der Waals surface area (Å²) in [6, 6.07) is 6.17. The Kier molecular flexibility index (Phi) is 6.32. The molecule has 0 aliphatic carbocycles. The fraction of sp³-hybridized carbons (Fsp3) is 0.500. The molecule has 19 heavy (non-hydrogen) atoms. The van der Waals surface area contributed by atoms with Crippen LogP contribution in [-0.2, 0) is 16.1 Å². The van der Waals surface area contributed by atoms with Crippen LogP contribution >= 0.6 is 0 Å². The van der Waals surface area contributed by atoms with Gasteiger partial charge in [0.25, 0.3) is 0 Å². The summed E-state index contributed by atoms with van der Waals surface area (Å²) in [6.07, 6.45) is 0. The number of benzene rings is 1. The van der Waals surface area contributed by atoms with Gasteiger partial charge in [0.1, 0.15) is 0 Å². The highest BCUT2D eigenvalue weighted by molar-refractivity contribution is 5.79. The summed E-state index contributed by atoms with van der Waals surface area (Å²) >= 11 is 0. The molecule has 0 radical (unpaired) electrons. The third-order valence-electron chi connectivity index (χ3n) is 2.84. The molecule has 1 amide bonds. The van der Waals surface area contributed by atoms with Crippen molar-refractivity contribution in [3.8, 4) is 0 Å². The van der Waals surface area contributed by atoms with E-state index in [1.54, 1.807) is 7.11 Å². The minimum atomic E-state index is -0.332. The van der Waals surface area contributed by atoms with Crippen LogP contribution in [0.3, 0.4) is 0 Å². The second kappa shape index (κ2) is 7.76. The topological polar surface area (TPSA) is 67.6 Å². The molecule has 1 rings (SSSR count). The van der Waals surface area contributed by atoms with Gasteiger partial charge in [-0.25, -0.2) is 0 Å². The number of methoxy groups -OCH3 is 1. The van der Waals surface area contributed by atoms with Gasteiger partial charge in [-0.05, 0) is 18.6 Å². The second-order valence-electron chi connectivity index (χ2n) is 4.62. The third-order valence-corrected chi connectivity index (χ3v) is 2.84. The van der Waals surface area contributed by atoms with Gasteiger partial charge in [-0.2, -0.15) is 0 Å². The maximum Gasteiger partial charge on any atom is 0.236 e. The van der Waals surface area contributed by atoms with Gasteiger partial charge >= 0.3 is 0 Å². The molecule has 3 N–H and O–H groups in total. The van der Waals surface area contributed by atoms with Crippen LogP contribution in [0.1, 0.15) is 11.1 Å². The summed E-state index contributed by atoms with van der Waals surface area (Å²) in [5, 5.41) is 3.31. The minimum absolute atomic E-state index is 0.216. The van der Waals surface area contributed by atoms with Crippen molar-refractivity contribution in [2.24, 2.45) is 5.73 Å². The number of likely N-dealkylation sites (N-methyl/N-ethyl adjacent to an activating group) is 1. The molecule has 0 unspecified atom stereocenters. The van der Waals surface area contributed by atoms with E-state index < -0.39 is 0 Å². The number of ether oxygens (including phenoxy) is 1. The number of nitrogens with two attached hydrogens (primary N) is 1. The normalized spacial score (nSPS) is 10.5. The highest BCUT2D eigenvalue weighted by Crippen LogP contribution is 2.20. The quantitative estimate of drug-likeness (QED) is 0.677. The Balaban J connectivity index is 2.76. The molecule has 0 heterocycles. The maximum absolute atomic E-state index is 11.0. The number of rotatable bonds is 8. The minimum Gasteiger partial charge on any atom is -0.383 e. The van der Waals surface area contributed by atoms with Gasteiger partial charge in [0.2, 0.25) is 5.91 Å². The van der Waals surface area contributed by atoms with E-state index in [9.17, 15) is 4.79 Å². The maximum atomic E-state index is 11.0. The molecule has 0 aliphatic heterocycles. The number of carbonyl (C=O) groups excluding carboxylic acids is 1. The predicted molar refractivity (Wildman–Crippen MR) is 77.2 cm³/mol. The molecular weight excluding hydrogens is 242 g/mol. The first-order valence-electron chi connectivity index (χ1n) is 6.33. The number of hydrogen-bond acceptors (Lipinski definition) is 4. The van der Waals surface area contributed by atoms with Crippen LogP contribution in [0.25, 0.3) is 0 Å². The molecule has 1 aromatic rings. The Labute approximate surface area is 114 Å². The summed E-state index contributed by atoms with van der Waals surface area (Å²) in [7, 11) is 3.55. The molecule has 0 atom stereocenters. The van der Waals surface area contributed by atoms with Crippen LogP contribution in [0.5, 0.6) is 0 Å². The molecule has 5 nitrogen and oxygen atoms in total. The molecule has 0 spiro atoms. The number of anilines is 1. The Morgan fingerprint density at radius 1 is 1.47 bits per heavy atom. The molecule has 0 saturated heterocycles. The van der Waals surface area contributed by atoms with Crippen LogP contribution in [-0.4, -0.2) is 39.8 Å². The molecule has 0 bridgehead atoms. The lowest BCUT2D eigenvalue weighted by Crippen LogP contribution is -2.31. The third kappa shape index (κ3) is 5.28. The molecule has 5 heteroatoms. The van der Waals surface area contributed by atoms with Gasteiger partial charge in [0.05, 0.1) is 13.2 Å². The summed E-state index contributed by atoms with van der Waals surface area (Å²) in [4.78, 5) is 12.9. The second-order valence-corrected chi connectivity index (χ2v) is 4.62. The van der Waals surface area contributed by atoms with Gasteiger partial charge in [-0.3, -0.25) is 4.79 Å². The van der Waals surface area contributed by atoms with E-state index in [2.05, 4.69) is 18.3 Å². The SMILES string of the molecule is COCCNCc1cc(C)ccc1N(C)CC(N)=O. The zero-order chi connectivity index (χ0) is 14.3. The van der Waals surface area contributed by atoms with Crippen molar-refractivity contribution in [1.82, 2.24) is 5.32 Å². The summed E-state index contributed by atoms with van der Waals surface area (Å²) < 4.78 is 5.00. The van der Waals surface area contributed by atoms with Crippen LogP contribution in [0.2, 0.25) is 0 Å². The Morgan fingerprint density at radius 2 is 2.21 bits per heavy atom. The van der Waals surface area contributed by atoms with Gasteiger partial charge in [0, 0.05) is 32.9 Å². The van der Waals surface area contributed by atoms with Crippen molar-refractivity contribution in [2.75, 3.05) is 38.8 Å². The van der Waals surface area contributed by atoms with Crippen LogP contribution in [0.4, 0.5) is 5.69 Å². The highest BCUT2D eigenvalue weighted by atomic mass is 16.5. The van der Waals surface area contributed by atoms with Crippen molar-refractivity contribution in [2.45, 2.75) is 13.5 Å². The Morgan fingerprint density at radius 3 is 2.84 bits per heavy atom. The lowest BCUT2D eigenvalue weighted by atomic mass is 10.1. The molecule has 1 aromatic carbocycles. The lowest BCUT2D eigenvalue weighted by Gasteiger charge is -2.21. The first kappa shape index (κ1) is 15.5. The summed E-state index contributed by atoms with van der Waals surface area (Å²) in [6.45, 7) is 4.48. The molecular formula is C14H23N3O2. The molecule has 106 valence electrons. The zero-order valence-corrected chi connectivity index (χ0v) is 11.9. The molecule has 0 aromatic heterocycles. The Hall–Kier alpha value is -1.59. The van der Waals surface area contributed by atoms with E-state index in [-0.39, 0.29) is 12.5 Å². The Bertz CT molecular complexity index is 421. The van der Waals surface area contributed by atoms with Gasteiger partial charge in [-0.15, -0.1) is 0 Å². The smallest absolute Gasteiger partial charge is 0.236 e. The number of hydrogen-bond donors (Lipinski definition) is 2. The standard InChI is InChI=1S/C14H23N3O2/c1-11-4-5-13(17(2)10-14(15)18)12(8-11)9-16-6-7-19-3/h4-5,8,16H,6-7,9-10H2,1-3H3,(H2,15,18). The average Bonchev–Trinajstić information content (AvgIpc) is 2.34. The van der Waals surface area contributed by atoms with E-state index in [0.29, 0.717) is 6.61 Å². The van der Waals surface area contributed by atoms with E-state index in [1.165, 1.54) is 5.56 Å². The summed E-state index contributed by atoms with van der Waals surface area (Å²) in [5.74, 6) is -0.332. The van der Waals surface area contributed by atoms with Crippen molar-refractivity contribution in [1.29, 1.82) is 0 Å². The number of carbonyl (C=O) groups is 1. The largest absolute Gasteiger partial charge is 0.383 e. The number of nitrogens with one attached hydrogen (secondary N) is 1. The monoisotopic (exact) mass is 265 g/mol. The molecule has 0 fully saturated rings. The lowest BCUT2D eigenvalue weighted by molar-refractivity contribution is -0.116. The van der Waals surface area contributed by atoms with Crippen molar-refractivity contribution in [3.05, 3.63) is 29.3 Å². The number of primary amides is 1. The fourth-order valence-corrected chi connectivity index (χ4v) is 1.94. The highest BCUT2D eigenvalue weighted by Gasteiger charge is 2.09. The first-order valence-corrected chi connectivity index (χ1v) is 6.33. The van der Waals surface area contributed by atoms with E-state index in [1.807, 2.05) is 24.1 Å². The van der Waals surface area contributed by atoms with E-state index in [4.69, 9.17) is 10.5 Å². The fourth-order valence-electron chi connectivity index (χ4n) is 1.94. The number of nitrogens with zero attached hydrogens (tertiary/aromatic N) is 1. The average molecular weight is 265 g/mol. The van der Waals surface area contributed by atoms with Crippen molar-refractivity contribution < 1.29 is 9.53 Å². The van der Waals surface area contributed by atoms with Crippen molar-refractivity contribution in [3.63, 3.8) is 0 Å². The van der Waals surface area contributed by atoms with Gasteiger partial charge in [0.15, 0.2) is 0 Å². The van der Waals surface area contributed by atoms with Crippen molar-refractivity contribution >= 4 is 11.6 Å². The van der Waals surface area contributed by atoms with Gasteiger partial charge in [-0.1, -0.05) is 17.7 Å². The van der Waals surface area contributed by atoms with Gasteiger partial charge < -0.3 is 20.7 Å². The zero-order valence-electron chi connectivity index (χ0n) is 11.9. The van der Waals surface area contributed by atoms with Crippen LogP contribution < -0.4 is 16.0 Å². The van der Waals surface area contributed by atoms with E-state index in [0.717, 1.165) is 24.3 Å². The predicted octanol–water partition coefficient (Wildman–Crippen LogP) is 0.653. The van der Waals surface area contributed by atoms with Crippen LogP contribution in [0, 0.1) is 6.92 Å². The van der Waals surface area contributed by atoms with Crippen LogP contribution in [0.15, 0.2) is 18.2 Å². The molecule has 0 saturated carbocycles. The van der Waals surface area contributed by atoms with E-state index >= 15 is 0 Å². The molecule has 0 aliphatic rings. The first-order chi connectivity index (χ1) is 9.04.